The molecule has 2 unspecified atom stereocenters. The van der Waals surface area contributed by atoms with Crippen molar-refractivity contribution in [3.63, 3.8) is 0 Å². The highest BCUT2D eigenvalue weighted by atomic mass is 16.5. The standard InChI is InChI=1S/C63H119NO5/c1-3-5-7-9-11-13-15-17-28-33-37-41-45-49-53-57-63(68)69-58-54-50-46-42-38-34-30-27-25-23-21-19-18-20-22-24-26-29-32-36-40-44-48-52-56-62(67)64-60(59-65)61(66)55-51-47-43-39-35-31-16-14-12-10-8-6-4-2/h11,13,17,20,22,28,60-61,65-66H,3-10,12,14-16,18-19,21,23-27,29-59H2,1-2H3,(H,64,67)/b13-11-,22-20-,28-17-. The number of allylic oxidation sites excluding steroid dienone is 6. The summed E-state index contributed by atoms with van der Waals surface area (Å²) in [6, 6.07) is -0.544. The highest BCUT2D eigenvalue weighted by molar-refractivity contribution is 5.76. The van der Waals surface area contributed by atoms with Gasteiger partial charge in [-0.15, -0.1) is 0 Å². The third-order valence-electron chi connectivity index (χ3n) is 14.2. The molecule has 406 valence electrons. The van der Waals surface area contributed by atoms with Gasteiger partial charge in [0.15, 0.2) is 0 Å². The number of rotatable bonds is 57. The molecule has 0 aliphatic carbocycles. The van der Waals surface area contributed by atoms with Crippen molar-refractivity contribution < 1.29 is 24.5 Å². The van der Waals surface area contributed by atoms with E-state index in [1.54, 1.807) is 0 Å². The van der Waals surface area contributed by atoms with E-state index in [0.29, 0.717) is 25.9 Å². The molecule has 0 saturated heterocycles. The van der Waals surface area contributed by atoms with Gasteiger partial charge in [-0.05, 0) is 83.5 Å². The molecule has 0 aromatic rings. The summed E-state index contributed by atoms with van der Waals surface area (Å²) < 4.78 is 5.48. The van der Waals surface area contributed by atoms with E-state index in [2.05, 4.69) is 55.6 Å². The van der Waals surface area contributed by atoms with Crippen LogP contribution < -0.4 is 5.32 Å². The van der Waals surface area contributed by atoms with E-state index in [4.69, 9.17) is 4.74 Å². The zero-order chi connectivity index (χ0) is 50.0. The normalized spacial score (nSPS) is 12.8. The van der Waals surface area contributed by atoms with Gasteiger partial charge < -0.3 is 20.3 Å². The van der Waals surface area contributed by atoms with Crippen LogP contribution in [0.25, 0.3) is 0 Å². The average Bonchev–Trinajstić information content (AvgIpc) is 3.35. The number of aliphatic hydroxyl groups is 2. The quantitative estimate of drug-likeness (QED) is 0.0321. The molecule has 0 spiro atoms. The SMILES string of the molecule is CCCCC/C=C\C/C=C\CCCCCCCC(=O)OCCCCCCCCCCCCCC/C=C\CCCCCCCCCCC(=O)NC(CO)C(O)CCCCCCCCCCCCCCC. The van der Waals surface area contributed by atoms with Crippen LogP contribution in [0.1, 0.15) is 328 Å². The van der Waals surface area contributed by atoms with Crippen LogP contribution in [0, 0.1) is 0 Å². The zero-order valence-corrected chi connectivity index (χ0v) is 46.3. The van der Waals surface area contributed by atoms with Gasteiger partial charge in [0.2, 0.25) is 5.91 Å². The Bertz CT molecular complexity index is 1120. The zero-order valence-electron chi connectivity index (χ0n) is 46.3. The topological polar surface area (TPSA) is 95.9 Å². The second-order valence-electron chi connectivity index (χ2n) is 21.0. The molecule has 0 aromatic heterocycles. The van der Waals surface area contributed by atoms with Crippen LogP contribution in [0.4, 0.5) is 0 Å². The summed E-state index contributed by atoms with van der Waals surface area (Å²) >= 11 is 0. The van der Waals surface area contributed by atoms with Gasteiger partial charge in [0.1, 0.15) is 0 Å². The fourth-order valence-corrected chi connectivity index (χ4v) is 9.43. The number of carbonyl (C=O) groups excluding carboxylic acids is 2. The first kappa shape index (κ1) is 67.1. The molecule has 0 aliphatic heterocycles. The Morgan fingerprint density at radius 1 is 0.406 bits per heavy atom. The molecule has 0 aliphatic rings. The minimum Gasteiger partial charge on any atom is -0.466 e. The Morgan fingerprint density at radius 2 is 0.725 bits per heavy atom. The van der Waals surface area contributed by atoms with E-state index in [1.807, 2.05) is 0 Å². The van der Waals surface area contributed by atoms with Crippen molar-refractivity contribution in [2.45, 2.75) is 341 Å². The van der Waals surface area contributed by atoms with E-state index in [0.717, 1.165) is 51.4 Å². The number of nitrogens with one attached hydrogen (secondary N) is 1. The lowest BCUT2D eigenvalue weighted by Crippen LogP contribution is -2.45. The fourth-order valence-electron chi connectivity index (χ4n) is 9.43. The van der Waals surface area contributed by atoms with Crippen molar-refractivity contribution in [2.24, 2.45) is 0 Å². The third kappa shape index (κ3) is 55.2. The monoisotopic (exact) mass is 970 g/mol. The van der Waals surface area contributed by atoms with Gasteiger partial charge in [-0.25, -0.2) is 0 Å². The van der Waals surface area contributed by atoms with Crippen molar-refractivity contribution in [1.29, 1.82) is 0 Å². The second-order valence-corrected chi connectivity index (χ2v) is 21.0. The molecular weight excluding hydrogens is 851 g/mol. The summed E-state index contributed by atoms with van der Waals surface area (Å²) in [5, 5.41) is 23.2. The van der Waals surface area contributed by atoms with E-state index < -0.39 is 12.1 Å². The highest BCUT2D eigenvalue weighted by Crippen LogP contribution is 2.17. The first-order valence-corrected chi connectivity index (χ1v) is 30.7. The van der Waals surface area contributed by atoms with Crippen molar-refractivity contribution in [1.82, 2.24) is 5.32 Å². The molecule has 3 N–H and O–H groups in total. The van der Waals surface area contributed by atoms with E-state index >= 15 is 0 Å². The molecule has 0 bridgehead atoms. The molecule has 0 heterocycles. The van der Waals surface area contributed by atoms with Crippen LogP contribution in [0.2, 0.25) is 0 Å². The maximum Gasteiger partial charge on any atom is 0.305 e. The summed E-state index contributed by atoms with van der Waals surface area (Å²) in [5.74, 6) is -0.0407. The first-order chi connectivity index (χ1) is 34.0. The van der Waals surface area contributed by atoms with Crippen LogP contribution in [-0.2, 0) is 14.3 Å². The van der Waals surface area contributed by atoms with E-state index in [1.165, 1.54) is 244 Å². The number of hydrogen-bond acceptors (Lipinski definition) is 5. The minimum atomic E-state index is -0.666. The van der Waals surface area contributed by atoms with Gasteiger partial charge in [-0.1, -0.05) is 269 Å². The molecule has 0 saturated carbocycles. The molecule has 0 rings (SSSR count). The Balaban J connectivity index is 3.40. The molecule has 1 amide bonds. The highest BCUT2D eigenvalue weighted by Gasteiger charge is 2.20. The number of ether oxygens (including phenoxy) is 1. The van der Waals surface area contributed by atoms with Gasteiger partial charge in [-0.2, -0.15) is 0 Å². The largest absolute Gasteiger partial charge is 0.466 e. The molecule has 69 heavy (non-hydrogen) atoms. The summed E-state index contributed by atoms with van der Waals surface area (Å²) in [5.41, 5.74) is 0. The first-order valence-electron chi connectivity index (χ1n) is 30.7. The maximum absolute atomic E-state index is 12.5. The Labute approximate surface area is 430 Å². The lowest BCUT2D eigenvalue weighted by atomic mass is 10.0. The van der Waals surface area contributed by atoms with Gasteiger partial charge in [-0.3, -0.25) is 9.59 Å². The van der Waals surface area contributed by atoms with Crippen molar-refractivity contribution in [3.05, 3.63) is 36.5 Å². The van der Waals surface area contributed by atoms with Crippen molar-refractivity contribution >= 4 is 11.9 Å². The summed E-state index contributed by atoms with van der Waals surface area (Å²) in [6.07, 6.45) is 72.9. The van der Waals surface area contributed by atoms with Crippen molar-refractivity contribution in [2.75, 3.05) is 13.2 Å². The Morgan fingerprint density at radius 3 is 1.14 bits per heavy atom. The van der Waals surface area contributed by atoms with Crippen LogP contribution >= 0.6 is 0 Å². The van der Waals surface area contributed by atoms with Crippen LogP contribution in [0.3, 0.4) is 0 Å². The molecule has 0 fully saturated rings. The summed E-state index contributed by atoms with van der Waals surface area (Å²) in [4.78, 5) is 24.5. The predicted molar refractivity (Wildman–Crippen MR) is 301 cm³/mol. The van der Waals surface area contributed by atoms with Crippen LogP contribution in [0.5, 0.6) is 0 Å². The second kappa shape index (κ2) is 58.6. The number of esters is 1. The maximum atomic E-state index is 12.5. The number of aliphatic hydroxyl groups excluding tert-OH is 2. The lowest BCUT2D eigenvalue weighted by Gasteiger charge is -2.22. The number of hydrogen-bond donors (Lipinski definition) is 3. The third-order valence-corrected chi connectivity index (χ3v) is 14.2. The molecule has 6 heteroatoms. The fraction of sp³-hybridized carbons (Fsp3) is 0.873. The smallest absolute Gasteiger partial charge is 0.305 e. The van der Waals surface area contributed by atoms with Crippen LogP contribution in [-0.4, -0.2) is 47.4 Å². The van der Waals surface area contributed by atoms with Gasteiger partial charge >= 0.3 is 5.97 Å². The minimum absolute atomic E-state index is 0.00155. The molecule has 6 nitrogen and oxygen atoms in total. The van der Waals surface area contributed by atoms with E-state index in [-0.39, 0.29) is 18.5 Å². The molecular formula is C63H119NO5. The molecule has 0 radical (unpaired) electrons. The van der Waals surface area contributed by atoms with E-state index in [9.17, 15) is 19.8 Å². The average molecular weight is 971 g/mol. The predicted octanol–water partition coefficient (Wildman–Crippen LogP) is 19.2. The van der Waals surface area contributed by atoms with Crippen LogP contribution in [0.15, 0.2) is 36.5 Å². The van der Waals surface area contributed by atoms with Gasteiger partial charge in [0.25, 0.3) is 0 Å². The summed E-state index contributed by atoms with van der Waals surface area (Å²) in [7, 11) is 0. The Kier molecular flexibility index (Phi) is 57.0. The van der Waals surface area contributed by atoms with Crippen molar-refractivity contribution in [3.8, 4) is 0 Å². The number of carbonyl (C=O) groups is 2. The molecule has 0 aromatic carbocycles. The Hall–Kier alpha value is -1.92. The molecule has 2 atom stereocenters. The lowest BCUT2D eigenvalue weighted by molar-refractivity contribution is -0.143. The number of unbranched alkanes of at least 4 members (excludes halogenated alkanes) is 40. The summed E-state index contributed by atoms with van der Waals surface area (Å²) in [6.45, 7) is 4.92. The van der Waals surface area contributed by atoms with Gasteiger partial charge in [0.05, 0.1) is 25.4 Å². The number of amides is 1. The van der Waals surface area contributed by atoms with Gasteiger partial charge in [0, 0.05) is 12.8 Å².